The van der Waals surface area contributed by atoms with Gasteiger partial charge in [-0.3, -0.25) is 4.90 Å². The largest absolute Gasteiger partial charge is 0.330 e. The summed E-state index contributed by atoms with van der Waals surface area (Å²) in [6.45, 7) is 8.05. The van der Waals surface area contributed by atoms with Crippen molar-refractivity contribution in [3.8, 4) is 0 Å². The van der Waals surface area contributed by atoms with E-state index in [-0.39, 0.29) is 5.54 Å². The number of hydrogen-bond donors (Lipinski definition) is 1. The van der Waals surface area contributed by atoms with Gasteiger partial charge in [0.05, 0.1) is 0 Å². The van der Waals surface area contributed by atoms with Crippen molar-refractivity contribution < 1.29 is 0 Å². The zero-order valence-electron chi connectivity index (χ0n) is 13.9. The molecule has 0 atom stereocenters. The fourth-order valence-electron chi connectivity index (χ4n) is 3.07. The molecular weight excluding hydrogens is 244 g/mol. The maximum absolute atomic E-state index is 5.56. The molecular formula is C18H36N2. The van der Waals surface area contributed by atoms with Gasteiger partial charge in [-0.1, -0.05) is 50.7 Å². The number of nitrogens with two attached hydrogens (primary N) is 1. The molecule has 0 amide bonds. The molecule has 0 aromatic heterocycles. The molecule has 0 unspecified atom stereocenters. The molecule has 0 bridgehead atoms. The Morgan fingerprint density at radius 2 is 1.40 bits per heavy atom. The predicted molar refractivity (Wildman–Crippen MR) is 90.0 cm³/mol. The van der Waals surface area contributed by atoms with Crippen LogP contribution in [0.25, 0.3) is 0 Å². The first kappa shape index (κ1) is 17.7. The van der Waals surface area contributed by atoms with Gasteiger partial charge in [-0.05, 0) is 59.2 Å². The molecule has 1 rings (SSSR count). The first-order valence-corrected chi connectivity index (χ1v) is 8.79. The third kappa shape index (κ3) is 7.44. The Labute approximate surface area is 126 Å². The van der Waals surface area contributed by atoms with Gasteiger partial charge in [-0.2, -0.15) is 0 Å². The highest BCUT2D eigenvalue weighted by atomic mass is 15.2. The predicted octanol–water partition coefficient (Wildman–Crippen LogP) is 4.50. The Bertz CT molecular complexity index is 246. The summed E-state index contributed by atoms with van der Waals surface area (Å²) >= 11 is 0. The van der Waals surface area contributed by atoms with E-state index in [9.17, 15) is 0 Å². The van der Waals surface area contributed by atoms with Gasteiger partial charge >= 0.3 is 0 Å². The standard InChI is InChI=1S/C18H36N2/c1-18(2,14-10-9-11-15-19)20-16-12-7-5-3-4-6-8-13-17-20/h10,14H,3-9,11-13,15-17,19H2,1-2H3. The Hall–Kier alpha value is -0.340. The minimum Gasteiger partial charge on any atom is -0.330 e. The van der Waals surface area contributed by atoms with Gasteiger partial charge in [0.2, 0.25) is 0 Å². The molecule has 2 N–H and O–H groups in total. The van der Waals surface area contributed by atoms with Crippen LogP contribution in [0.1, 0.15) is 78.1 Å². The monoisotopic (exact) mass is 280 g/mol. The molecule has 1 aliphatic heterocycles. The van der Waals surface area contributed by atoms with E-state index in [2.05, 4.69) is 30.9 Å². The van der Waals surface area contributed by atoms with E-state index in [1.807, 2.05) is 0 Å². The topological polar surface area (TPSA) is 29.3 Å². The van der Waals surface area contributed by atoms with Crippen molar-refractivity contribution in [2.24, 2.45) is 5.73 Å². The van der Waals surface area contributed by atoms with E-state index in [0.29, 0.717) is 0 Å². The van der Waals surface area contributed by atoms with Crippen molar-refractivity contribution in [2.75, 3.05) is 19.6 Å². The van der Waals surface area contributed by atoms with Gasteiger partial charge in [-0.25, -0.2) is 0 Å². The number of nitrogens with zero attached hydrogens (tertiary/aromatic N) is 1. The highest BCUT2D eigenvalue weighted by molar-refractivity contribution is 5.02. The average Bonchev–Trinajstić information content (AvgIpc) is 2.48. The van der Waals surface area contributed by atoms with E-state index >= 15 is 0 Å². The lowest BCUT2D eigenvalue weighted by Crippen LogP contribution is -2.43. The fraction of sp³-hybridized carbons (Fsp3) is 0.889. The van der Waals surface area contributed by atoms with Gasteiger partial charge in [0, 0.05) is 5.54 Å². The SMILES string of the molecule is CC(C)(C=CCCCN)N1CCCCCCCCCC1. The van der Waals surface area contributed by atoms with Crippen molar-refractivity contribution in [2.45, 2.75) is 83.6 Å². The number of hydrogen-bond acceptors (Lipinski definition) is 2. The van der Waals surface area contributed by atoms with Crippen LogP contribution in [0.5, 0.6) is 0 Å². The second-order valence-corrected chi connectivity index (χ2v) is 6.80. The van der Waals surface area contributed by atoms with Gasteiger partial charge in [-0.15, -0.1) is 0 Å². The summed E-state index contributed by atoms with van der Waals surface area (Å²) in [5.74, 6) is 0. The van der Waals surface area contributed by atoms with Crippen LogP contribution in [0.2, 0.25) is 0 Å². The van der Waals surface area contributed by atoms with Crippen molar-refractivity contribution in [3.05, 3.63) is 12.2 Å². The van der Waals surface area contributed by atoms with Crippen molar-refractivity contribution in [1.82, 2.24) is 4.90 Å². The lowest BCUT2D eigenvalue weighted by atomic mass is 9.99. The molecule has 0 radical (unpaired) electrons. The van der Waals surface area contributed by atoms with Gasteiger partial charge in [0.15, 0.2) is 0 Å². The van der Waals surface area contributed by atoms with E-state index in [0.717, 1.165) is 19.4 Å². The second-order valence-electron chi connectivity index (χ2n) is 6.80. The van der Waals surface area contributed by atoms with Crippen molar-refractivity contribution >= 4 is 0 Å². The first-order valence-electron chi connectivity index (χ1n) is 8.79. The van der Waals surface area contributed by atoms with Gasteiger partial charge in [0.25, 0.3) is 0 Å². The Morgan fingerprint density at radius 3 is 1.90 bits per heavy atom. The zero-order chi connectivity index (χ0) is 14.7. The Morgan fingerprint density at radius 1 is 0.900 bits per heavy atom. The van der Waals surface area contributed by atoms with E-state index in [1.165, 1.54) is 64.5 Å². The molecule has 0 saturated carbocycles. The molecule has 118 valence electrons. The first-order chi connectivity index (χ1) is 9.67. The van der Waals surface area contributed by atoms with Crippen LogP contribution in [0, 0.1) is 0 Å². The van der Waals surface area contributed by atoms with Crippen LogP contribution in [-0.2, 0) is 0 Å². The zero-order valence-corrected chi connectivity index (χ0v) is 13.9. The summed E-state index contributed by atoms with van der Waals surface area (Å²) in [6.07, 6.45) is 18.2. The van der Waals surface area contributed by atoms with E-state index in [4.69, 9.17) is 5.73 Å². The molecule has 0 spiro atoms. The molecule has 1 aliphatic rings. The van der Waals surface area contributed by atoms with E-state index < -0.39 is 0 Å². The summed E-state index contributed by atoms with van der Waals surface area (Å²) in [5, 5.41) is 0. The summed E-state index contributed by atoms with van der Waals surface area (Å²) in [7, 11) is 0. The smallest absolute Gasteiger partial charge is 0.0334 e. The van der Waals surface area contributed by atoms with Crippen LogP contribution in [-0.4, -0.2) is 30.1 Å². The minimum atomic E-state index is 0.197. The number of unbranched alkanes of at least 4 members (excludes halogenated alkanes) is 1. The van der Waals surface area contributed by atoms with E-state index in [1.54, 1.807) is 0 Å². The average molecular weight is 280 g/mol. The number of rotatable bonds is 5. The third-order valence-electron chi connectivity index (χ3n) is 4.52. The summed E-state index contributed by atoms with van der Waals surface area (Å²) < 4.78 is 0. The number of allylic oxidation sites excluding steroid dienone is 1. The maximum Gasteiger partial charge on any atom is 0.0334 e. The van der Waals surface area contributed by atoms with Crippen molar-refractivity contribution in [3.63, 3.8) is 0 Å². The van der Waals surface area contributed by atoms with Gasteiger partial charge < -0.3 is 5.73 Å². The summed E-state index contributed by atoms with van der Waals surface area (Å²) in [4.78, 5) is 2.69. The Balaban J connectivity index is 2.50. The van der Waals surface area contributed by atoms with Crippen molar-refractivity contribution in [1.29, 1.82) is 0 Å². The normalized spacial score (nSPS) is 20.9. The molecule has 0 aromatic carbocycles. The molecule has 0 aromatic rings. The highest BCUT2D eigenvalue weighted by Crippen LogP contribution is 2.21. The molecule has 1 heterocycles. The molecule has 0 aliphatic carbocycles. The van der Waals surface area contributed by atoms with Crippen LogP contribution in [0.15, 0.2) is 12.2 Å². The minimum absolute atomic E-state index is 0.197. The summed E-state index contributed by atoms with van der Waals surface area (Å²) in [6, 6.07) is 0. The van der Waals surface area contributed by atoms with Crippen LogP contribution in [0.4, 0.5) is 0 Å². The lowest BCUT2D eigenvalue weighted by Gasteiger charge is -2.36. The molecule has 1 saturated heterocycles. The maximum atomic E-state index is 5.56. The molecule has 20 heavy (non-hydrogen) atoms. The quantitative estimate of drug-likeness (QED) is 0.593. The Kier molecular flexibility index (Phi) is 9.21. The second kappa shape index (κ2) is 10.4. The molecule has 1 fully saturated rings. The molecule has 2 nitrogen and oxygen atoms in total. The van der Waals surface area contributed by atoms with Crippen LogP contribution >= 0.6 is 0 Å². The molecule has 2 heteroatoms. The van der Waals surface area contributed by atoms with Gasteiger partial charge in [0.1, 0.15) is 0 Å². The van der Waals surface area contributed by atoms with Crippen LogP contribution < -0.4 is 5.73 Å². The summed E-state index contributed by atoms with van der Waals surface area (Å²) in [5.41, 5.74) is 5.76. The highest BCUT2D eigenvalue weighted by Gasteiger charge is 2.22. The van der Waals surface area contributed by atoms with Crippen LogP contribution in [0.3, 0.4) is 0 Å². The third-order valence-corrected chi connectivity index (χ3v) is 4.52. The lowest BCUT2D eigenvalue weighted by molar-refractivity contribution is 0.155. The fourth-order valence-corrected chi connectivity index (χ4v) is 3.07.